The normalized spacial score (nSPS) is 45.6. The fourth-order valence-electron chi connectivity index (χ4n) is 12.6. The average Bonchev–Trinajstić information content (AvgIpc) is 3.38. The van der Waals surface area contributed by atoms with Gasteiger partial charge in [-0.05, 0) is 120 Å². The SMILES string of the molecule is CCC1CCC(C(C)CCC(C)C2CC3(C)CC(C)(C)C(CC)C(C)C(C(C)C)C(C)CC(C)C3C2C)C1. The van der Waals surface area contributed by atoms with Crippen LogP contribution in [0, 0.1) is 87.8 Å². The Morgan fingerprint density at radius 1 is 0.737 bits per heavy atom. The average molecular weight is 529 g/mol. The van der Waals surface area contributed by atoms with E-state index in [1.165, 1.54) is 64.2 Å². The zero-order valence-electron chi connectivity index (χ0n) is 28.6. The van der Waals surface area contributed by atoms with Crippen LogP contribution in [0.1, 0.15) is 154 Å². The summed E-state index contributed by atoms with van der Waals surface area (Å²) in [4.78, 5) is 0. The van der Waals surface area contributed by atoms with Crippen molar-refractivity contribution in [2.75, 3.05) is 0 Å². The molecule has 3 rings (SSSR count). The molecule has 0 N–H and O–H groups in total. The van der Waals surface area contributed by atoms with Crippen LogP contribution in [0.5, 0.6) is 0 Å². The van der Waals surface area contributed by atoms with Gasteiger partial charge in [0.15, 0.2) is 0 Å². The van der Waals surface area contributed by atoms with E-state index in [9.17, 15) is 0 Å². The van der Waals surface area contributed by atoms with E-state index in [-0.39, 0.29) is 0 Å². The van der Waals surface area contributed by atoms with Crippen LogP contribution in [0.25, 0.3) is 0 Å². The predicted octanol–water partition coefficient (Wildman–Crippen LogP) is 12.2. The second kappa shape index (κ2) is 12.9. The molecule has 0 heterocycles. The van der Waals surface area contributed by atoms with Gasteiger partial charge in [0.1, 0.15) is 0 Å². The van der Waals surface area contributed by atoms with Crippen molar-refractivity contribution in [2.45, 2.75) is 154 Å². The van der Waals surface area contributed by atoms with Gasteiger partial charge in [-0.25, -0.2) is 0 Å². The zero-order valence-corrected chi connectivity index (χ0v) is 28.6. The van der Waals surface area contributed by atoms with Crippen molar-refractivity contribution in [1.29, 1.82) is 0 Å². The maximum atomic E-state index is 2.76. The van der Waals surface area contributed by atoms with Gasteiger partial charge in [-0.1, -0.05) is 122 Å². The van der Waals surface area contributed by atoms with Gasteiger partial charge in [-0.2, -0.15) is 0 Å². The first kappa shape index (κ1) is 32.5. The number of fused-ring (bicyclic) bond motifs is 1. The predicted molar refractivity (Wildman–Crippen MR) is 170 cm³/mol. The topological polar surface area (TPSA) is 0 Å². The second-order valence-corrected chi connectivity index (χ2v) is 17.3. The summed E-state index contributed by atoms with van der Waals surface area (Å²) >= 11 is 0. The summed E-state index contributed by atoms with van der Waals surface area (Å²) < 4.78 is 0. The van der Waals surface area contributed by atoms with E-state index < -0.39 is 0 Å². The summed E-state index contributed by atoms with van der Waals surface area (Å²) in [5.41, 5.74) is 0.903. The monoisotopic (exact) mass is 529 g/mol. The highest BCUT2D eigenvalue weighted by Crippen LogP contribution is 2.63. The van der Waals surface area contributed by atoms with E-state index in [0.717, 1.165) is 76.9 Å². The van der Waals surface area contributed by atoms with Crippen molar-refractivity contribution >= 4 is 0 Å². The van der Waals surface area contributed by atoms with E-state index in [1.54, 1.807) is 0 Å². The molecule has 0 bridgehead atoms. The Morgan fingerprint density at radius 3 is 1.92 bits per heavy atom. The van der Waals surface area contributed by atoms with Crippen molar-refractivity contribution in [3.8, 4) is 0 Å². The molecule has 0 aromatic rings. The van der Waals surface area contributed by atoms with Crippen LogP contribution >= 0.6 is 0 Å². The lowest BCUT2D eigenvalue weighted by Crippen LogP contribution is -2.44. The van der Waals surface area contributed by atoms with Gasteiger partial charge in [-0.3, -0.25) is 0 Å². The molecule has 38 heavy (non-hydrogen) atoms. The highest BCUT2D eigenvalue weighted by molar-refractivity contribution is 5.04. The molecule has 13 unspecified atom stereocenters. The number of hydrogen-bond donors (Lipinski definition) is 0. The van der Waals surface area contributed by atoms with Gasteiger partial charge < -0.3 is 0 Å². The van der Waals surface area contributed by atoms with Crippen molar-refractivity contribution in [2.24, 2.45) is 87.8 Å². The summed E-state index contributed by atoms with van der Waals surface area (Å²) in [7, 11) is 0. The first-order valence-electron chi connectivity index (χ1n) is 17.7. The molecule has 0 nitrogen and oxygen atoms in total. The van der Waals surface area contributed by atoms with Crippen LogP contribution in [0.15, 0.2) is 0 Å². The molecule has 0 radical (unpaired) electrons. The molecule has 3 aliphatic carbocycles. The fraction of sp³-hybridized carbons (Fsp3) is 1.00. The lowest BCUT2D eigenvalue weighted by molar-refractivity contribution is -0.0233. The lowest BCUT2D eigenvalue weighted by atomic mass is 9.54. The van der Waals surface area contributed by atoms with Crippen molar-refractivity contribution in [3.63, 3.8) is 0 Å². The molecule has 3 aliphatic rings. The Hall–Kier alpha value is 0. The minimum Gasteiger partial charge on any atom is -0.0651 e. The lowest BCUT2D eigenvalue weighted by Gasteiger charge is -2.51. The Labute approximate surface area is 241 Å². The Morgan fingerprint density at radius 2 is 1.37 bits per heavy atom. The van der Waals surface area contributed by atoms with Crippen LogP contribution in [0.3, 0.4) is 0 Å². The van der Waals surface area contributed by atoms with Gasteiger partial charge in [0.05, 0.1) is 0 Å². The summed E-state index contributed by atoms with van der Waals surface area (Å²) in [5.74, 6) is 11.5. The van der Waals surface area contributed by atoms with Crippen molar-refractivity contribution < 1.29 is 0 Å². The molecule has 3 saturated carbocycles. The van der Waals surface area contributed by atoms with Gasteiger partial charge in [0.2, 0.25) is 0 Å². The van der Waals surface area contributed by atoms with E-state index >= 15 is 0 Å². The number of rotatable bonds is 8. The quantitative estimate of drug-likeness (QED) is 0.294. The summed E-state index contributed by atoms with van der Waals surface area (Å²) in [6.45, 7) is 33.9. The van der Waals surface area contributed by atoms with Crippen LogP contribution < -0.4 is 0 Å². The summed E-state index contributed by atoms with van der Waals surface area (Å²) in [6, 6.07) is 0. The van der Waals surface area contributed by atoms with Crippen LogP contribution in [-0.2, 0) is 0 Å². The highest BCUT2D eigenvalue weighted by Gasteiger charge is 2.55. The van der Waals surface area contributed by atoms with E-state index in [4.69, 9.17) is 0 Å². The van der Waals surface area contributed by atoms with Gasteiger partial charge in [0.25, 0.3) is 0 Å². The molecule has 0 amide bonds. The third-order valence-corrected chi connectivity index (χ3v) is 13.8. The molecule has 0 spiro atoms. The molecule has 13 atom stereocenters. The molecule has 3 fully saturated rings. The first-order valence-corrected chi connectivity index (χ1v) is 17.7. The summed E-state index contributed by atoms with van der Waals surface area (Å²) in [6.07, 6.45) is 14.6. The second-order valence-electron chi connectivity index (χ2n) is 17.3. The third kappa shape index (κ3) is 6.72. The smallest absolute Gasteiger partial charge is 0.0284 e. The third-order valence-electron chi connectivity index (χ3n) is 13.8. The van der Waals surface area contributed by atoms with Gasteiger partial charge in [0, 0.05) is 0 Å². The van der Waals surface area contributed by atoms with Gasteiger partial charge in [-0.15, -0.1) is 0 Å². The zero-order chi connectivity index (χ0) is 28.6. The first-order chi connectivity index (χ1) is 17.7. The molecule has 224 valence electrons. The van der Waals surface area contributed by atoms with Crippen LogP contribution in [-0.4, -0.2) is 0 Å². The van der Waals surface area contributed by atoms with Gasteiger partial charge >= 0.3 is 0 Å². The summed E-state index contributed by atoms with van der Waals surface area (Å²) in [5, 5.41) is 0. The molecule has 0 aromatic heterocycles. The largest absolute Gasteiger partial charge is 0.0651 e. The minimum atomic E-state index is 0.412. The Bertz CT molecular complexity index is 718. The minimum absolute atomic E-state index is 0.412. The standard InChI is InChI=1S/C38H72/c1-14-31-18-19-32(21-31)25(5)16-17-26(6)33-22-38(13)23-37(11,12)34(15-2)30(10)35(24(3)4)27(7)20-28(8)36(38)29(33)9/h24-36H,14-23H2,1-13H3. The maximum Gasteiger partial charge on any atom is -0.0284 e. The maximum absolute atomic E-state index is 2.76. The molecule has 0 aromatic carbocycles. The molecular weight excluding hydrogens is 456 g/mol. The van der Waals surface area contributed by atoms with Crippen LogP contribution in [0.2, 0.25) is 0 Å². The van der Waals surface area contributed by atoms with E-state index in [1.807, 2.05) is 0 Å². The molecule has 0 aliphatic heterocycles. The van der Waals surface area contributed by atoms with Crippen LogP contribution in [0.4, 0.5) is 0 Å². The number of hydrogen-bond acceptors (Lipinski definition) is 0. The Kier molecular flexibility index (Phi) is 11.0. The Balaban J connectivity index is 1.81. The molecule has 0 heteroatoms. The van der Waals surface area contributed by atoms with Crippen molar-refractivity contribution in [3.05, 3.63) is 0 Å². The fourth-order valence-corrected chi connectivity index (χ4v) is 12.6. The van der Waals surface area contributed by atoms with E-state index in [0.29, 0.717) is 10.8 Å². The molecular formula is C38H72. The molecule has 0 saturated heterocycles. The van der Waals surface area contributed by atoms with Crippen molar-refractivity contribution in [1.82, 2.24) is 0 Å². The highest BCUT2D eigenvalue weighted by atomic mass is 14.6. The van der Waals surface area contributed by atoms with E-state index in [2.05, 4.69) is 90.0 Å².